The lowest BCUT2D eigenvalue weighted by atomic mass is 10.1. The summed E-state index contributed by atoms with van der Waals surface area (Å²) < 4.78 is 40.4. The van der Waals surface area contributed by atoms with Crippen LogP contribution in [0.15, 0.2) is 6.20 Å². The van der Waals surface area contributed by atoms with E-state index < -0.39 is 11.9 Å². The van der Waals surface area contributed by atoms with Crippen molar-refractivity contribution < 1.29 is 13.2 Å². The Balaban J connectivity index is 2.95. The van der Waals surface area contributed by atoms with Crippen LogP contribution in [0.2, 0.25) is 0 Å². The molecule has 1 heterocycles. The molecule has 0 spiro atoms. The van der Waals surface area contributed by atoms with Crippen molar-refractivity contribution in [1.29, 1.82) is 0 Å². The highest BCUT2D eigenvalue weighted by molar-refractivity contribution is 5.21. The second-order valence-electron chi connectivity index (χ2n) is 5.70. The molecular weight excluding hydrogens is 255 g/mol. The van der Waals surface area contributed by atoms with E-state index in [9.17, 15) is 13.2 Å². The molecule has 1 rings (SSSR count). The van der Waals surface area contributed by atoms with Crippen LogP contribution in [-0.4, -0.2) is 15.3 Å². The van der Waals surface area contributed by atoms with E-state index in [1.807, 2.05) is 27.7 Å². The molecule has 0 saturated heterocycles. The number of hydrogen-bond acceptors (Lipinski definition) is 2. The predicted molar refractivity (Wildman–Crippen MR) is 68.7 cm³/mol. The molecule has 0 aliphatic carbocycles. The second kappa shape index (κ2) is 5.94. The Labute approximate surface area is 112 Å². The molecule has 19 heavy (non-hydrogen) atoms. The van der Waals surface area contributed by atoms with E-state index in [-0.39, 0.29) is 17.6 Å². The summed E-state index contributed by atoms with van der Waals surface area (Å²) in [5.41, 5.74) is -0.648. The summed E-state index contributed by atoms with van der Waals surface area (Å²) in [7, 11) is 0. The molecule has 1 aromatic heterocycles. The van der Waals surface area contributed by atoms with E-state index in [4.69, 9.17) is 0 Å². The highest BCUT2D eigenvalue weighted by Crippen LogP contribution is 2.32. The van der Waals surface area contributed by atoms with Crippen molar-refractivity contribution in [2.24, 2.45) is 0 Å². The van der Waals surface area contributed by atoms with Gasteiger partial charge in [-0.3, -0.25) is 4.68 Å². The van der Waals surface area contributed by atoms with Crippen molar-refractivity contribution in [1.82, 2.24) is 15.1 Å². The fraction of sp³-hybridized carbons (Fsp3) is 0.769. The quantitative estimate of drug-likeness (QED) is 0.891. The van der Waals surface area contributed by atoms with Crippen LogP contribution in [0.4, 0.5) is 13.2 Å². The van der Waals surface area contributed by atoms with Gasteiger partial charge < -0.3 is 5.32 Å². The summed E-state index contributed by atoms with van der Waals surface area (Å²) in [6.45, 7) is 8.18. The van der Waals surface area contributed by atoms with Gasteiger partial charge >= 0.3 is 6.18 Å². The summed E-state index contributed by atoms with van der Waals surface area (Å²) in [6.07, 6.45) is -1.51. The average Bonchev–Trinajstić information content (AvgIpc) is 2.65. The van der Waals surface area contributed by atoms with Gasteiger partial charge in [-0.25, -0.2) is 0 Å². The zero-order valence-electron chi connectivity index (χ0n) is 11.9. The predicted octanol–water partition coefficient (Wildman–Crippen LogP) is 3.59. The van der Waals surface area contributed by atoms with Gasteiger partial charge in [-0.15, -0.1) is 0 Å². The van der Waals surface area contributed by atoms with E-state index >= 15 is 0 Å². The molecule has 0 saturated carbocycles. The van der Waals surface area contributed by atoms with Crippen LogP contribution >= 0.6 is 0 Å². The van der Waals surface area contributed by atoms with E-state index in [1.54, 1.807) is 0 Å². The van der Waals surface area contributed by atoms with Gasteiger partial charge in [-0.05, 0) is 27.2 Å². The molecular formula is C13H22F3N3. The lowest BCUT2D eigenvalue weighted by Crippen LogP contribution is -2.35. The number of halogens is 3. The lowest BCUT2D eigenvalue weighted by molar-refractivity contribution is -0.145. The molecule has 3 nitrogen and oxygen atoms in total. The third-order valence-electron chi connectivity index (χ3n) is 2.72. The monoisotopic (exact) mass is 277 g/mol. The third kappa shape index (κ3) is 4.86. The van der Waals surface area contributed by atoms with Crippen LogP contribution < -0.4 is 5.32 Å². The molecule has 0 atom stereocenters. The molecule has 0 aromatic carbocycles. The molecule has 0 unspecified atom stereocenters. The molecule has 1 N–H and O–H groups in total. The maximum atomic E-state index is 13.1. The molecule has 6 heteroatoms. The van der Waals surface area contributed by atoms with Gasteiger partial charge in [0.05, 0.1) is 6.20 Å². The fourth-order valence-corrected chi connectivity index (χ4v) is 1.72. The molecule has 0 aliphatic heterocycles. The summed E-state index contributed by atoms with van der Waals surface area (Å²) in [6, 6.07) is 0. The topological polar surface area (TPSA) is 29.9 Å². The highest BCUT2D eigenvalue weighted by atomic mass is 19.4. The SMILES string of the molecule is CCCCn1ncc(CNC(C)(C)C)c1C(F)(F)F. The number of aromatic nitrogens is 2. The molecule has 1 aromatic rings. The summed E-state index contributed by atoms with van der Waals surface area (Å²) in [5.74, 6) is 0. The molecule has 0 fully saturated rings. The Hall–Kier alpha value is -1.04. The standard InChI is InChI=1S/C13H22F3N3/c1-5-6-7-19-11(13(14,15)16)10(9-18-19)8-17-12(2,3)4/h9,17H,5-8H2,1-4H3. The van der Waals surface area contributed by atoms with Crippen LogP contribution in [0, 0.1) is 0 Å². The van der Waals surface area contributed by atoms with E-state index in [0.717, 1.165) is 11.1 Å². The molecule has 0 amide bonds. The van der Waals surface area contributed by atoms with E-state index in [0.29, 0.717) is 13.0 Å². The zero-order valence-corrected chi connectivity index (χ0v) is 11.9. The van der Waals surface area contributed by atoms with Crippen LogP contribution in [0.25, 0.3) is 0 Å². The number of unbranched alkanes of at least 4 members (excludes halogenated alkanes) is 1. The minimum Gasteiger partial charge on any atom is -0.308 e. The van der Waals surface area contributed by atoms with Crippen LogP contribution in [0.1, 0.15) is 51.8 Å². The van der Waals surface area contributed by atoms with Gasteiger partial charge in [0.1, 0.15) is 5.69 Å². The Kier molecular flexibility index (Phi) is 5.01. The number of nitrogens with one attached hydrogen (secondary N) is 1. The number of rotatable bonds is 5. The Bertz CT molecular complexity index is 402. The first-order valence-electron chi connectivity index (χ1n) is 6.52. The van der Waals surface area contributed by atoms with Gasteiger partial charge in [-0.1, -0.05) is 13.3 Å². The minimum atomic E-state index is -4.36. The van der Waals surface area contributed by atoms with Crippen molar-refractivity contribution in [2.45, 2.75) is 65.3 Å². The van der Waals surface area contributed by atoms with Gasteiger partial charge in [0.15, 0.2) is 0 Å². The smallest absolute Gasteiger partial charge is 0.308 e. The van der Waals surface area contributed by atoms with Crippen molar-refractivity contribution in [3.63, 3.8) is 0 Å². The van der Waals surface area contributed by atoms with Crippen molar-refractivity contribution in [2.75, 3.05) is 0 Å². The van der Waals surface area contributed by atoms with Crippen LogP contribution in [-0.2, 0) is 19.3 Å². The second-order valence-corrected chi connectivity index (χ2v) is 5.70. The first kappa shape index (κ1) is 16.0. The molecule has 0 bridgehead atoms. The summed E-state index contributed by atoms with van der Waals surface area (Å²) >= 11 is 0. The summed E-state index contributed by atoms with van der Waals surface area (Å²) in [5, 5.41) is 6.94. The first-order valence-corrected chi connectivity index (χ1v) is 6.52. The number of aryl methyl sites for hydroxylation is 1. The van der Waals surface area contributed by atoms with Crippen molar-refractivity contribution in [3.05, 3.63) is 17.5 Å². The normalized spacial score (nSPS) is 13.0. The van der Waals surface area contributed by atoms with Gasteiger partial charge in [0.25, 0.3) is 0 Å². The minimum absolute atomic E-state index is 0.171. The summed E-state index contributed by atoms with van der Waals surface area (Å²) in [4.78, 5) is 0. The molecule has 0 aliphatic rings. The Morgan fingerprint density at radius 1 is 1.26 bits per heavy atom. The number of nitrogens with zero attached hydrogens (tertiary/aromatic N) is 2. The van der Waals surface area contributed by atoms with E-state index in [1.165, 1.54) is 6.20 Å². The molecule has 110 valence electrons. The highest BCUT2D eigenvalue weighted by Gasteiger charge is 2.37. The van der Waals surface area contributed by atoms with Crippen molar-refractivity contribution in [3.8, 4) is 0 Å². The van der Waals surface area contributed by atoms with Gasteiger partial charge in [0.2, 0.25) is 0 Å². The van der Waals surface area contributed by atoms with Crippen LogP contribution in [0.5, 0.6) is 0 Å². The van der Waals surface area contributed by atoms with E-state index in [2.05, 4.69) is 10.4 Å². The Morgan fingerprint density at radius 3 is 2.37 bits per heavy atom. The average molecular weight is 277 g/mol. The lowest BCUT2D eigenvalue weighted by Gasteiger charge is -2.21. The maximum absolute atomic E-state index is 13.1. The fourth-order valence-electron chi connectivity index (χ4n) is 1.72. The number of hydrogen-bond donors (Lipinski definition) is 1. The molecule has 0 radical (unpaired) electrons. The van der Waals surface area contributed by atoms with Gasteiger partial charge in [-0.2, -0.15) is 18.3 Å². The third-order valence-corrected chi connectivity index (χ3v) is 2.72. The zero-order chi connectivity index (χ0) is 14.7. The van der Waals surface area contributed by atoms with Gasteiger partial charge in [0, 0.05) is 24.2 Å². The Morgan fingerprint density at radius 2 is 1.89 bits per heavy atom. The first-order chi connectivity index (χ1) is 8.65. The number of alkyl halides is 3. The van der Waals surface area contributed by atoms with Crippen molar-refractivity contribution >= 4 is 0 Å². The largest absolute Gasteiger partial charge is 0.433 e. The van der Waals surface area contributed by atoms with Crippen LogP contribution in [0.3, 0.4) is 0 Å². The maximum Gasteiger partial charge on any atom is 0.433 e.